The number of hydrogen-bond donors (Lipinski definition) is 1. The molecule has 2 atom stereocenters. The minimum atomic E-state index is 0.0614. The number of carbonyl (C=O) groups is 1. The number of amides is 1. The molecule has 0 aliphatic carbocycles. The summed E-state index contributed by atoms with van der Waals surface area (Å²) in [5, 5.41) is 3.07. The van der Waals surface area contributed by atoms with E-state index in [1.54, 1.807) is 0 Å². The number of hydrogen-bond acceptors (Lipinski definition) is 3. The van der Waals surface area contributed by atoms with Crippen LogP contribution in [0.2, 0.25) is 0 Å². The maximum absolute atomic E-state index is 11.9. The molecule has 1 saturated heterocycles. The zero-order chi connectivity index (χ0) is 11.3. The lowest BCUT2D eigenvalue weighted by Gasteiger charge is -2.24. The molecule has 0 aromatic carbocycles. The fourth-order valence-corrected chi connectivity index (χ4v) is 2.76. The number of rotatable bonds is 6. The first-order chi connectivity index (χ1) is 7.20. The van der Waals surface area contributed by atoms with Gasteiger partial charge in [0.15, 0.2) is 0 Å². The van der Waals surface area contributed by atoms with E-state index in [-0.39, 0.29) is 11.9 Å². The first kappa shape index (κ1) is 12.8. The second kappa shape index (κ2) is 6.38. The highest BCUT2D eigenvalue weighted by molar-refractivity contribution is 7.99. The zero-order valence-electron chi connectivity index (χ0n) is 9.95. The minimum absolute atomic E-state index is 0.0614. The third kappa shape index (κ3) is 3.38. The predicted octanol–water partition coefficient (Wildman–Crippen LogP) is 1.34. The third-order valence-electron chi connectivity index (χ3n) is 3.00. The molecule has 1 aliphatic heterocycles. The summed E-state index contributed by atoms with van der Waals surface area (Å²) in [7, 11) is 1.86. The van der Waals surface area contributed by atoms with Crippen molar-refractivity contribution in [2.24, 2.45) is 0 Å². The Hall–Kier alpha value is -0.220. The molecule has 1 amide bonds. The molecule has 0 spiro atoms. The summed E-state index contributed by atoms with van der Waals surface area (Å²) in [5.41, 5.74) is 0. The molecule has 0 radical (unpaired) electrons. The van der Waals surface area contributed by atoms with E-state index < -0.39 is 0 Å². The molecule has 0 aromatic heterocycles. The molecular weight excluding hydrogens is 208 g/mol. The molecular formula is C11H22N2OS. The third-order valence-corrected chi connectivity index (χ3v) is 3.94. The number of likely N-dealkylation sites (tertiary alicyclic amines) is 1. The molecule has 1 N–H and O–H groups in total. The van der Waals surface area contributed by atoms with Crippen LogP contribution < -0.4 is 5.32 Å². The van der Waals surface area contributed by atoms with Crippen LogP contribution in [0.5, 0.6) is 0 Å². The molecule has 1 fully saturated rings. The van der Waals surface area contributed by atoms with Crippen molar-refractivity contribution in [1.82, 2.24) is 10.2 Å². The van der Waals surface area contributed by atoms with Gasteiger partial charge >= 0.3 is 0 Å². The smallest absolute Gasteiger partial charge is 0.240 e. The van der Waals surface area contributed by atoms with Gasteiger partial charge in [0, 0.05) is 12.6 Å². The maximum atomic E-state index is 11.9. The summed E-state index contributed by atoms with van der Waals surface area (Å²) in [4.78, 5) is 13.9. The molecule has 0 saturated carbocycles. The van der Waals surface area contributed by atoms with E-state index in [4.69, 9.17) is 0 Å². The molecule has 2 unspecified atom stereocenters. The van der Waals surface area contributed by atoms with Crippen LogP contribution in [0.4, 0.5) is 0 Å². The van der Waals surface area contributed by atoms with Gasteiger partial charge in [-0.1, -0.05) is 6.92 Å². The SMILES string of the molecule is CCSCCC(C)N1CCC(NC)C1=O. The van der Waals surface area contributed by atoms with Crippen molar-refractivity contribution in [2.75, 3.05) is 25.1 Å². The Morgan fingerprint density at radius 1 is 1.67 bits per heavy atom. The number of thioether (sulfide) groups is 1. The maximum Gasteiger partial charge on any atom is 0.240 e. The van der Waals surface area contributed by atoms with E-state index in [9.17, 15) is 4.79 Å². The van der Waals surface area contributed by atoms with Crippen LogP contribution in [-0.4, -0.2) is 48.0 Å². The van der Waals surface area contributed by atoms with Gasteiger partial charge in [-0.25, -0.2) is 0 Å². The molecule has 3 nitrogen and oxygen atoms in total. The van der Waals surface area contributed by atoms with Gasteiger partial charge in [0.25, 0.3) is 0 Å². The average molecular weight is 230 g/mol. The number of nitrogens with zero attached hydrogens (tertiary/aromatic N) is 1. The van der Waals surface area contributed by atoms with E-state index in [2.05, 4.69) is 19.2 Å². The summed E-state index contributed by atoms with van der Waals surface area (Å²) < 4.78 is 0. The molecule has 88 valence electrons. The van der Waals surface area contributed by atoms with Crippen molar-refractivity contribution >= 4 is 17.7 Å². The summed E-state index contributed by atoms with van der Waals surface area (Å²) in [6.07, 6.45) is 2.07. The topological polar surface area (TPSA) is 32.3 Å². The molecule has 1 heterocycles. The van der Waals surface area contributed by atoms with Gasteiger partial charge in [-0.15, -0.1) is 0 Å². The van der Waals surface area contributed by atoms with Crippen molar-refractivity contribution in [3.05, 3.63) is 0 Å². The van der Waals surface area contributed by atoms with Crippen LogP contribution in [0.15, 0.2) is 0 Å². The van der Waals surface area contributed by atoms with E-state index in [0.29, 0.717) is 6.04 Å². The summed E-state index contributed by atoms with van der Waals surface area (Å²) >= 11 is 1.95. The summed E-state index contributed by atoms with van der Waals surface area (Å²) in [6, 6.07) is 0.459. The van der Waals surface area contributed by atoms with Crippen molar-refractivity contribution < 1.29 is 4.79 Å². The normalized spacial score (nSPS) is 23.5. The number of nitrogens with one attached hydrogen (secondary N) is 1. The molecule has 0 aromatic rings. The molecule has 1 rings (SSSR count). The Bertz CT molecular complexity index is 211. The van der Waals surface area contributed by atoms with Crippen LogP contribution in [0, 0.1) is 0 Å². The van der Waals surface area contributed by atoms with E-state index in [1.807, 2.05) is 23.7 Å². The largest absolute Gasteiger partial charge is 0.339 e. The quantitative estimate of drug-likeness (QED) is 0.699. The predicted molar refractivity (Wildman–Crippen MR) is 66.3 cm³/mol. The fraction of sp³-hybridized carbons (Fsp3) is 0.909. The van der Waals surface area contributed by atoms with Crippen molar-refractivity contribution in [3.8, 4) is 0 Å². The van der Waals surface area contributed by atoms with Gasteiger partial charge in [-0.2, -0.15) is 11.8 Å². The van der Waals surface area contributed by atoms with E-state index in [0.717, 1.165) is 25.1 Å². The number of carbonyl (C=O) groups excluding carboxylic acids is 1. The van der Waals surface area contributed by atoms with Crippen molar-refractivity contribution in [3.63, 3.8) is 0 Å². The fourth-order valence-electron chi connectivity index (χ4n) is 1.96. The second-order valence-corrected chi connectivity index (χ2v) is 5.39. The highest BCUT2D eigenvalue weighted by Gasteiger charge is 2.32. The van der Waals surface area contributed by atoms with Crippen LogP contribution in [-0.2, 0) is 4.79 Å². The Labute approximate surface area is 97.0 Å². The monoisotopic (exact) mass is 230 g/mol. The van der Waals surface area contributed by atoms with Crippen LogP contribution in [0.25, 0.3) is 0 Å². The standard InChI is InChI=1S/C11H22N2OS/c1-4-15-8-6-9(2)13-7-5-10(12-3)11(13)14/h9-10,12H,4-8H2,1-3H3. The second-order valence-electron chi connectivity index (χ2n) is 4.00. The Balaban J connectivity index is 2.34. The minimum Gasteiger partial charge on any atom is -0.339 e. The Morgan fingerprint density at radius 2 is 2.40 bits per heavy atom. The average Bonchev–Trinajstić information content (AvgIpc) is 2.60. The molecule has 1 aliphatic rings. The van der Waals surface area contributed by atoms with Gasteiger partial charge in [0.1, 0.15) is 0 Å². The van der Waals surface area contributed by atoms with Gasteiger partial charge < -0.3 is 10.2 Å². The Morgan fingerprint density at radius 3 is 2.93 bits per heavy atom. The summed E-state index contributed by atoms with van der Waals surface area (Å²) in [5.74, 6) is 2.61. The zero-order valence-corrected chi connectivity index (χ0v) is 10.8. The molecule has 15 heavy (non-hydrogen) atoms. The first-order valence-corrected chi connectivity index (χ1v) is 6.91. The van der Waals surface area contributed by atoms with Crippen molar-refractivity contribution in [1.29, 1.82) is 0 Å². The lowest BCUT2D eigenvalue weighted by Crippen LogP contribution is -2.40. The lowest BCUT2D eigenvalue weighted by atomic mass is 10.2. The highest BCUT2D eigenvalue weighted by atomic mass is 32.2. The lowest BCUT2D eigenvalue weighted by molar-refractivity contribution is -0.131. The van der Waals surface area contributed by atoms with Crippen molar-refractivity contribution in [2.45, 2.75) is 38.8 Å². The number of likely N-dealkylation sites (N-methyl/N-ethyl adjacent to an activating group) is 1. The molecule has 0 bridgehead atoms. The van der Waals surface area contributed by atoms with Gasteiger partial charge in [-0.05, 0) is 38.3 Å². The van der Waals surface area contributed by atoms with Gasteiger partial charge in [0.05, 0.1) is 6.04 Å². The van der Waals surface area contributed by atoms with E-state index >= 15 is 0 Å². The molecule has 4 heteroatoms. The van der Waals surface area contributed by atoms with Crippen LogP contribution in [0.3, 0.4) is 0 Å². The van der Waals surface area contributed by atoms with Gasteiger partial charge in [0.2, 0.25) is 5.91 Å². The van der Waals surface area contributed by atoms with Crippen LogP contribution >= 0.6 is 11.8 Å². The van der Waals surface area contributed by atoms with Crippen LogP contribution in [0.1, 0.15) is 26.7 Å². The summed E-state index contributed by atoms with van der Waals surface area (Å²) in [6.45, 7) is 5.25. The van der Waals surface area contributed by atoms with Gasteiger partial charge in [-0.3, -0.25) is 4.79 Å². The first-order valence-electron chi connectivity index (χ1n) is 5.76. The van der Waals surface area contributed by atoms with E-state index in [1.165, 1.54) is 5.75 Å². The Kier molecular flexibility index (Phi) is 5.47. The highest BCUT2D eigenvalue weighted by Crippen LogP contribution is 2.17.